The third-order valence-corrected chi connectivity index (χ3v) is 7.81. The average Bonchev–Trinajstić information content (AvgIpc) is 3.20. The number of carbonyl (C=O) groups excluding carboxylic acids is 2. The van der Waals surface area contributed by atoms with E-state index in [1.807, 2.05) is 60.7 Å². The number of carbonyl (C=O) groups is 2. The van der Waals surface area contributed by atoms with Gasteiger partial charge in [-0.1, -0.05) is 66.7 Å². The Morgan fingerprint density at radius 1 is 0.895 bits per heavy atom. The summed E-state index contributed by atoms with van der Waals surface area (Å²) in [6.45, 7) is 0.770. The summed E-state index contributed by atoms with van der Waals surface area (Å²) in [5.74, 6) is 0.847. The van der Waals surface area contributed by atoms with Gasteiger partial charge in [-0.05, 0) is 92.3 Å². The fraction of sp³-hybridized carbons (Fsp3) is 0.161. The summed E-state index contributed by atoms with van der Waals surface area (Å²) < 4.78 is 12.4. The Balaban J connectivity index is 1.27. The van der Waals surface area contributed by atoms with Crippen LogP contribution in [0.2, 0.25) is 0 Å². The van der Waals surface area contributed by atoms with Crippen LogP contribution in [0.5, 0.6) is 11.5 Å². The van der Waals surface area contributed by atoms with Crippen molar-refractivity contribution in [2.45, 2.75) is 19.4 Å². The number of amides is 2. The van der Waals surface area contributed by atoms with E-state index in [-0.39, 0.29) is 11.1 Å². The van der Waals surface area contributed by atoms with Crippen LogP contribution in [0, 0.1) is 0 Å². The average molecular weight is 589 g/mol. The Kier molecular flexibility index (Phi) is 8.15. The Bertz CT molecular complexity index is 1520. The van der Waals surface area contributed by atoms with Crippen molar-refractivity contribution in [1.29, 1.82) is 0 Å². The van der Waals surface area contributed by atoms with Crippen molar-refractivity contribution in [3.63, 3.8) is 0 Å². The standard InChI is InChI=1S/C31H26BrNO4S/c1-36-27-18-23(17-26(32)29(27)37-20-22-13-14-24-11-5-6-12-25(24)16-22)19-28-30(34)33(31(35)38-28)15-7-10-21-8-3-2-4-9-21/h2-6,8-9,11-14,16-19H,7,10,15,20H2,1H3/b28-19+. The highest BCUT2D eigenvalue weighted by Crippen LogP contribution is 2.39. The number of ether oxygens (including phenoxy) is 2. The lowest BCUT2D eigenvalue weighted by Gasteiger charge is -2.14. The molecule has 1 heterocycles. The van der Waals surface area contributed by atoms with Crippen molar-refractivity contribution < 1.29 is 19.1 Å². The highest BCUT2D eigenvalue weighted by atomic mass is 79.9. The first kappa shape index (κ1) is 26.1. The van der Waals surface area contributed by atoms with E-state index in [2.05, 4.69) is 40.2 Å². The van der Waals surface area contributed by atoms with Crippen LogP contribution in [0.1, 0.15) is 23.1 Å². The first-order valence-electron chi connectivity index (χ1n) is 12.3. The second-order valence-electron chi connectivity index (χ2n) is 8.93. The van der Waals surface area contributed by atoms with Crippen LogP contribution < -0.4 is 9.47 Å². The second kappa shape index (κ2) is 11.9. The molecule has 0 aliphatic carbocycles. The van der Waals surface area contributed by atoms with Gasteiger partial charge in [0.1, 0.15) is 6.61 Å². The molecule has 4 aromatic rings. The van der Waals surface area contributed by atoms with Gasteiger partial charge in [0.15, 0.2) is 11.5 Å². The Hall–Kier alpha value is -3.55. The summed E-state index contributed by atoms with van der Waals surface area (Å²) in [6.07, 6.45) is 3.26. The maximum Gasteiger partial charge on any atom is 0.293 e. The van der Waals surface area contributed by atoms with Crippen molar-refractivity contribution >= 4 is 55.7 Å². The number of halogens is 1. The number of hydrogen-bond acceptors (Lipinski definition) is 5. The van der Waals surface area contributed by atoms with Gasteiger partial charge in [-0.2, -0.15) is 0 Å². The van der Waals surface area contributed by atoms with Crippen molar-refractivity contribution in [2.75, 3.05) is 13.7 Å². The molecule has 0 unspecified atom stereocenters. The summed E-state index contributed by atoms with van der Waals surface area (Å²) in [5, 5.41) is 2.10. The Labute approximate surface area is 234 Å². The van der Waals surface area contributed by atoms with E-state index < -0.39 is 0 Å². The van der Waals surface area contributed by atoms with Gasteiger partial charge in [0, 0.05) is 6.54 Å². The number of aryl methyl sites for hydroxylation is 1. The molecule has 0 atom stereocenters. The summed E-state index contributed by atoms with van der Waals surface area (Å²) in [7, 11) is 1.58. The zero-order valence-corrected chi connectivity index (χ0v) is 23.3. The SMILES string of the molecule is COc1cc(/C=C2/SC(=O)N(CCCc3ccccc3)C2=O)cc(Br)c1OCc1ccc2ccccc2c1. The molecule has 1 fully saturated rings. The predicted octanol–water partition coefficient (Wildman–Crippen LogP) is 7.86. The van der Waals surface area contributed by atoms with Crippen LogP contribution in [-0.2, 0) is 17.8 Å². The van der Waals surface area contributed by atoms with Gasteiger partial charge in [-0.25, -0.2) is 0 Å². The summed E-state index contributed by atoms with van der Waals surface area (Å²) >= 11 is 4.56. The molecule has 0 radical (unpaired) electrons. The number of methoxy groups -OCH3 is 1. The normalized spacial score (nSPS) is 14.5. The zero-order chi connectivity index (χ0) is 26.5. The Morgan fingerprint density at radius 2 is 1.66 bits per heavy atom. The Morgan fingerprint density at radius 3 is 2.45 bits per heavy atom. The minimum atomic E-state index is -0.264. The molecule has 0 bridgehead atoms. The number of thioether (sulfide) groups is 1. The van der Waals surface area contributed by atoms with Crippen LogP contribution in [-0.4, -0.2) is 29.7 Å². The molecule has 7 heteroatoms. The van der Waals surface area contributed by atoms with Gasteiger partial charge < -0.3 is 9.47 Å². The lowest BCUT2D eigenvalue weighted by Crippen LogP contribution is -2.29. The van der Waals surface area contributed by atoms with Gasteiger partial charge in [0.2, 0.25) is 0 Å². The van der Waals surface area contributed by atoms with Crippen LogP contribution in [0.4, 0.5) is 4.79 Å². The molecule has 1 saturated heterocycles. The van der Waals surface area contributed by atoms with Crippen molar-refractivity contribution in [3.8, 4) is 11.5 Å². The van der Waals surface area contributed by atoms with E-state index in [0.717, 1.165) is 41.1 Å². The highest BCUT2D eigenvalue weighted by Gasteiger charge is 2.34. The van der Waals surface area contributed by atoms with Crippen molar-refractivity contribution in [1.82, 2.24) is 4.90 Å². The fourth-order valence-corrected chi connectivity index (χ4v) is 5.82. The number of fused-ring (bicyclic) bond motifs is 1. The molecule has 4 aromatic carbocycles. The molecule has 2 amide bonds. The van der Waals surface area contributed by atoms with E-state index in [0.29, 0.717) is 34.0 Å². The predicted molar refractivity (Wildman–Crippen MR) is 156 cm³/mol. The molecular weight excluding hydrogens is 562 g/mol. The second-order valence-corrected chi connectivity index (χ2v) is 10.8. The summed E-state index contributed by atoms with van der Waals surface area (Å²) in [5.41, 5.74) is 2.97. The number of rotatable bonds is 9. The van der Waals surface area contributed by atoms with E-state index >= 15 is 0 Å². The van der Waals surface area contributed by atoms with E-state index in [1.165, 1.54) is 15.8 Å². The highest BCUT2D eigenvalue weighted by molar-refractivity contribution is 9.10. The maximum absolute atomic E-state index is 13.0. The molecule has 5 rings (SSSR count). The maximum atomic E-state index is 13.0. The zero-order valence-electron chi connectivity index (χ0n) is 20.9. The number of benzene rings is 4. The van der Waals surface area contributed by atoms with Crippen molar-refractivity contribution in [2.24, 2.45) is 0 Å². The fourth-order valence-electron chi connectivity index (χ4n) is 4.38. The molecule has 0 aromatic heterocycles. The monoisotopic (exact) mass is 587 g/mol. The molecule has 1 aliphatic heterocycles. The van der Waals surface area contributed by atoms with E-state index in [4.69, 9.17) is 9.47 Å². The first-order chi connectivity index (χ1) is 18.5. The number of nitrogens with zero attached hydrogens (tertiary/aromatic N) is 1. The van der Waals surface area contributed by atoms with Crippen LogP contribution in [0.3, 0.4) is 0 Å². The molecule has 1 aliphatic rings. The van der Waals surface area contributed by atoms with Gasteiger partial charge in [0.05, 0.1) is 16.5 Å². The van der Waals surface area contributed by atoms with Crippen molar-refractivity contribution in [3.05, 3.63) is 111 Å². The molecule has 38 heavy (non-hydrogen) atoms. The topological polar surface area (TPSA) is 55.8 Å². The third kappa shape index (κ3) is 5.95. The molecular formula is C31H26BrNO4S. The van der Waals surface area contributed by atoms with Crippen LogP contribution in [0.15, 0.2) is 94.3 Å². The molecule has 192 valence electrons. The number of imide groups is 1. The van der Waals surface area contributed by atoms with Gasteiger partial charge >= 0.3 is 0 Å². The van der Waals surface area contributed by atoms with Gasteiger partial charge in [-0.15, -0.1) is 0 Å². The first-order valence-corrected chi connectivity index (χ1v) is 13.9. The molecule has 0 spiro atoms. The van der Waals surface area contributed by atoms with Crippen LogP contribution in [0.25, 0.3) is 16.8 Å². The minimum Gasteiger partial charge on any atom is -0.493 e. The third-order valence-electron chi connectivity index (χ3n) is 6.31. The summed E-state index contributed by atoms with van der Waals surface area (Å²) in [6, 6.07) is 28.2. The summed E-state index contributed by atoms with van der Waals surface area (Å²) in [4.78, 5) is 27.2. The van der Waals surface area contributed by atoms with Gasteiger partial charge in [0.25, 0.3) is 11.1 Å². The van der Waals surface area contributed by atoms with E-state index in [9.17, 15) is 9.59 Å². The molecule has 5 nitrogen and oxygen atoms in total. The van der Waals surface area contributed by atoms with Crippen LogP contribution >= 0.6 is 27.7 Å². The van der Waals surface area contributed by atoms with Gasteiger partial charge in [-0.3, -0.25) is 14.5 Å². The lowest BCUT2D eigenvalue weighted by atomic mass is 10.1. The minimum absolute atomic E-state index is 0.240. The molecule has 0 saturated carbocycles. The number of hydrogen-bond donors (Lipinski definition) is 0. The smallest absolute Gasteiger partial charge is 0.293 e. The lowest BCUT2D eigenvalue weighted by molar-refractivity contribution is -0.122. The largest absolute Gasteiger partial charge is 0.493 e. The quantitative estimate of drug-likeness (QED) is 0.186. The molecule has 0 N–H and O–H groups in total. The van der Waals surface area contributed by atoms with E-state index in [1.54, 1.807) is 13.2 Å².